The summed E-state index contributed by atoms with van der Waals surface area (Å²) >= 11 is 6.31. The van der Waals surface area contributed by atoms with Gasteiger partial charge >= 0.3 is 0 Å². The molecule has 0 radical (unpaired) electrons. The Kier molecular flexibility index (Phi) is 6.09. The summed E-state index contributed by atoms with van der Waals surface area (Å²) < 4.78 is 25.2. The fourth-order valence-corrected chi connectivity index (χ4v) is 3.53. The van der Waals surface area contributed by atoms with Gasteiger partial charge in [0.05, 0.1) is 4.99 Å². The normalized spacial score (nSPS) is 16.3. The van der Waals surface area contributed by atoms with Crippen molar-refractivity contribution < 1.29 is 8.42 Å². The Morgan fingerprint density at radius 2 is 2.00 bits per heavy atom. The molecule has 4 nitrogen and oxygen atoms in total. The minimum Gasteiger partial charge on any atom is -0.392 e. The zero-order valence-corrected chi connectivity index (χ0v) is 11.9. The molecule has 0 aromatic heterocycles. The molecular weight excluding hydrogens is 252 g/mol. The summed E-state index contributed by atoms with van der Waals surface area (Å²) in [5.74, 6) is 0.750. The van der Waals surface area contributed by atoms with Crippen LogP contribution in [0.15, 0.2) is 0 Å². The van der Waals surface area contributed by atoms with Gasteiger partial charge < -0.3 is 5.73 Å². The zero-order chi connectivity index (χ0) is 12.2. The van der Waals surface area contributed by atoms with Crippen molar-refractivity contribution in [3.05, 3.63) is 0 Å². The topological polar surface area (TPSA) is 63.4 Å². The molecular formula is C8H18N2O2S3. The molecule has 0 saturated heterocycles. The van der Waals surface area contributed by atoms with Gasteiger partial charge in [-0.2, -0.15) is 11.8 Å². The van der Waals surface area contributed by atoms with Gasteiger partial charge in [0, 0.05) is 18.8 Å². The van der Waals surface area contributed by atoms with Crippen LogP contribution in [0.1, 0.15) is 13.8 Å². The zero-order valence-electron chi connectivity index (χ0n) is 9.43. The third kappa shape index (κ3) is 3.90. The molecule has 2 N–H and O–H groups in total. The summed E-state index contributed by atoms with van der Waals surface area (Å²) in [7, 11) is -1.85. The average molecular weight is 270 g/mol. The molecule has 2 unspecified atom stereocenters. The molecule has 0 aliphatic carbocycles. The maximum absolute atomic E-state index is 11.9. The second-order valence-electron chi connectivity index (χ2n) is 3.41. The van der Waals surface area contributed by atoms with Crippen LogP contribution in [0.4, 0.5) is 0 Å². The number of rotatable bonds is 6. The first-order valence-corrected chi connectivity index (χ1v) is 7.80. The molecule has 0 spiro atoms. The van der Waals surface area contributed by atoms with Crippen molar-refractivity contribution in [1.82, 2.24) is 4.31 Å². The molecule has 15 heavy (non-hydrogen) atoms. The van der Waals surface area contributed by atoms with E-state index in [4.69, 9.17) is 18.0 Å². The van der Waals surface area contributed by atoms with Crippen LogP contribution in [-0.2, 0) is 10.0 Å². The van der Waals surface area contributed by atoms with Crippen molar-refractivity contribution >= 4 is 39.0 Å². The number of hydrogen-bond acceptors (Lipinski definition) is 4. The highest BCUT2D eigenvalue weighted by Crippen LogP contribution is 2.13. The fraction of sp³-hybridized carbons (Fsp3) is 0.875. The minimum atomic E-state index is -3.41. The van der Waals surface area contributed by atoms with Gasteiger partial charge in [0.1, 0.15) is 5.25 Å². The van der Waals surface area contributed by atoms with Crippen molar-refractivity contribution in [3.8, 4) is 0 Å². The summed E-state index contributed by atoms with van der Waals surface area (Å²) in [6.07, 6.45) is 1.94. The van der Waals surface area contributed by atoms with Crippen molar-refractivity contribution in [2.24, 2.45) is 5.73 Å². The first kappa shape index (κ1) is 15.2. The van der Waals surface area contributed by atoms with Crippen LogP contribution >= 0.6 is 24.0 Å². The van der Waals surface area contributed by atoms with E-state index in [2.05, 4.69) is 0 Å². The van der Waals surface area contributed by atoms with Crippen LogP contribution in [0.2, 0.25) is 0 Å². The molecule has 0 aromatic rings. The average Bonchev–Trinajstić information content (AvgIpc) is 2.15. The molecule has 2 atom stereocenters. The largest absolute Gasteiger partial charge is 0.392 e. The lowest BCUT2D eigenvalue weighted by molar-refractivity contribution is 0.413. The Morgan fingerprint density at radius 3 is 2.33 bits per heavy atom. The van der Waals surface area contributed by atoms with Crippen LogP contribution in [-0.4, -0.2) is 48.1 Å². The summed E-state index contributed by atoms with van der Waals surface area (Å²) in [5.41, 5.74) is 5.35. The standard InChI is InChI=1S/C8H18N2O2S3/c1-6(5-14-4)10(3)15(11,12)7(2)8(9)13/h6-7H,5H2,1-4H3,(H2,9,13). The number of thioether (sulfide) groups is 1. The minimum absolute atomic E-state index is 0.0122. The highest BCUT2D eigenvalue weighted by Gasteiger charge is 2.30. The first-order chi connectivity index (χ1) is 6.75. The second kappa shape index (κ2) is 6.03. The van der Waals surface area contributed by atoms with E-state index in [-0.39, 0.29) is 11.0 Å². The molecule has 90 valence electrons. The summed E-state index contributed by atoms with van der Waals surface area (Å²) in [5, 5.41) is -0.804. The molecule has 7 heteroatoms. The third-order valence-corrected chi connectivity index (χ3v) is 5.91. The van der Waals surface area contributed by atoms with Crippen molar-refractivity contribution in [3.63, 3.8) is 0 Å². The lowest BCUT2D eigenvalue weighted by Gasteiger charge is -2.26. The van der Waals surface area contributed by atoms with Crippen molar-refractivity contribution in [2.45, 2.75) is 25.1 Å². The van der Waals surface area contributed by atoms with Gasteiger partial charge in [0.15, 0.2) is 0 Å². The molecule has 0 amide bonds. The highest BCUT2D eigenvalue weighted by molar-refractivity contribution is 7.98. The van der Waals surface area contributed by atoms with Gasteiger partial charge in [-0.15, -0.1) is 0 Å². The van der Waals surface area contributed by atoms with E-state index in [9.17, 15) is 8.42 Å². The van der Waals surface area contributed by atoms with E-state index >= 15 is 0 Å². The third-order valence-electron chi connectivity index (χ3n) is 2.28. The van der Waals surface area contributed by atoms with Crippen LogP contribution in [0.3, 0.4) is 0 Å². The number of hydrogen-bond donors (Lipinski definition) is 1. The SMILES string of the molecule is CSCC(C)N(C)S(=O)(=O)C(C)C(N)=S. The Hall–Kier alpha value is 0.150. The number of nitrogens with two attached hydrogens (primary N) is 1. The van der Waals surface area contributed by atoms with Gasteiger partial charge in [0.2, 0.25) is 10.0 Å². The Labute approximate surface area is 102 Å². The van der Waals surface area contributed by atoms with E-state index in [1.165, 1.54) is 11.2 Å². The maximum atomic E-state index is 11.9. The van der Waals surface area contributed by atoms with Gasteiger partial charge in [-0.3, -0.25) is 0 Å². The predicted molar refractivity (Wildman–Crippen MR) is 70.8 cm³/mol. The molecule has 0 bridgehead atoms. The molecule has 0 aliphatic heterocycles. The van der Waals surface area contributed by atoms with Crippen LogP contribution in [0.25, 0.3) is 0 Å². The second-order valence-corrected chi connectivity index (χ2v) is 7.11. The van der Waals surface area contributed by atoms with Crippen molar-refractivity contribution in [2.75, 3.05) is 19.1 Å². The fourth-order valence-electron chi connectivity index (χ4n) is 0.993. The predicted octanol–water partition coefficient (Wildman–Crippen LogP) is 0.674. The summed E-state index contributed by atoms with van der Waals surface area (Å²) in [6, 6.07) is -0.0539. The molecule has 0 fully saturated rings. The van der Waals surface area contributed by atoms with Gasteiger partial charge in [-0.05, 0) is 20.1 Å². The van der Waals surface area contributed by atoms with E-state index in [1.54, 1.807) is 18.8 Å². The summed E-state index contributed by atoms with van der Waals surface area (Å²) in [4.78, 5) is 0.0122. The smallest absolute Gasteiger partial charge is 0.223 e. The Balaban J connectivity index is 4.80. The first-order valence-electron chi connectivity index (χ1n) is 4.50. The van der Waals surface area contributed by atoms with Gasteiger partial charge in [0.25, 0.3) is 0 Å². The quantitative estimate of drug-likeness (QED) is 0.719. The van der Waals surface area contributed by atoms with E-state index in [1.807, 2.05) is 13.2 Å². The van der Waals surface area contributed by atoms with E-state index in [0.717, 1.165) is 5.75 Å². The van der Waals surface area contributed by atoms with Crippen LogP contribution in [0, 0.1) is 0 Å². The van der Waals surface area contributed by atoms with Crippen molar-refractivity contribution in [1.29, 1.82) is 0 Å². The molecule has 0 saturated carbocycles. The maximum Gasteiger partial charge on any atom is 0.223 e. The van der Waals surface area contributed by atoms with E-state index in [0.29, 0.717) is 0 Å². The van der Waals surface area contributed by atoms with Gasteiger partial charge in [-0.1, -0.05) is 12.2 Å². The van der Waals surface area contributed by atoms with Crippen LogP contribution < -0.4 is 5.73 Å². The number of sulfonamides is 1. The molecule has 0 aliphatic rings. The lowest BCUT2D eigenvalue weighted by atomic mass is 10.4. The Morgan fingerprint density at radius 1 is 1.53 bits per heavy atom. The number of thiocarbonyl (C=S) groups is 1. The summed E-state index contributed by atoms with van der Waals surface area (Å²) in [6.45, 7) is 3.38. The molecule has 0 rings (SSSR count). The number of nitrogens with zero attached hydrogens (tertiary/aromatic N) is 1. The molecule has 0 heterocycles. The monoisotopic (exact) mass is 270 g/mol. The molecule has 0 aromatic carbocycles. The van der Waals surface area contributed by atoms with E-state index < -0.39 is 15.3 Å². The highest BCUT2D eigenvalue weighted by atomic mass is 32.2. The van der Waals surface area contributed by atoms with Gasteiger partial charge in [-0.25, -0.2) is 12.7 Å². The Bertz CT molecular complexity index is 316. The lowest BCUT2D eigenvalue weighted by Crippen LogP contribution is -2.45. The van der Waals surface area contributed by atoms with Crippen LogP contribution in [0.5, 0.6) is 0 Å².